The molecule has 9 heteroatoms. The van der Waals surface area contributed by atoms with Crippen LogP contribution < -0.4 is 20.2 Å². The molecule has 3 rings (SSSR count). The first-order valence-electron chi connectivity index (χ1n) is 10.2. The molecule has 0 unspecified atom stereocenters. The number of hydrogen-bond donors (Lipinski definition) is 2. The monoisotopic (exact) mass is 523 g/mol. The van der Waals surface area contributed by atoms with Gasteiger partial charge in [-0.05, 0) is 67.9 Å². The van der Waals surface area contributed by atoms with Crippen LogP contribution >= 0.6 is 15.9 Å². The van der Waals surface area contributed by atoms with Crippen LogP contribution in [0.3, 0.4) is 0 Å². The largest absolute Gasteiger partial charge is 0.493 e. The van der Waals surface area contributed by atoms with Crippen molar-refractivity contribution in [3.63, 3.8) is 0 Å². The standard InChI is InChI=1S/C25H22BrN3O5/c1-15-6-4-5-7-20(15)25(32)34-21-13-8-17(14-22(21)33-3)16(2)28-29-24(31)23(30)27-19-11-9-18(26)10-12-19/h4-14H,1-3H3,(H,27,30)(H,29,31)/b28-16+. The minimum absolute atomic E-state index is 0.241. The minimum Gasteiger partial charge on any atom is -0.493 e. The predicted molar refractivity (Wildman–Crippen MR) is 132 cm³/mol. The van der Waals surface area contributed by atoms with Crippen molar-refractivity contribution >= 4 is 45.1 Å². The Balaban J connectivity index is 1.67. The molecular formula is C25H22BrN3O5. The van der Waals surface area contributed by atoms with Crippen molar-refractivity contribution in [1.29, 1.82) is 0 Å². The summed E-state index contributed by atoms with van der Waals surface area (Å²) < 4.78 is 11.7. The third-order valence-corrected chi connectivity index (χ3v) is 5.31. The number of esters is 1. The van der Waals surface area contributed by atoms with E-state index in [-0.39, 0.29) is 5.75 Å². The third kappa shape index (κ3) is 6.29. The normalized spacial score (nSPS) is 10.9. The fourth-order valence-corrected chi connectivity index (χ4v) is 3.17. The van der Waals surface area contributed by atoms with Crippen molar-refractivity contribution in [2.45, 2.75) is 13.8 Å². The average Bonchev–Trinajstić information content (AvgIpc) is 2.84. The van der Waals surface area contributed by atoms with Gasteiger partial charge in [-0.3, -0.25) is 9.59 Å². The number of rotatable bonds is 6. The van der Waals surface area contributed by atoms with E-state index in [4.69, 9.17) is 9.47 Å². The van der Waals surface area contributed by atoms with Gasteiger partial charge in [0.1, 0.15) is 0 Å². The smallest absolute Gasteiger partial charge is 0.343 e. The summed E-state index contributed by atoms with van der Waals surface area (Å²) in [6.45, 7) is 3.48. The van der Waals surface area contributed by atoms with Crippen molar-refractivity contribution in [1.82, 2.24) is 5.43 Å². The van der Waals surface area contributed by atoms with Gasteiger partial charge in [0.05, 0.1) is 18.4 Å². The van der Waals surface area contributed by atoms with E-state index in [1.807, 2.05) is 19.1 Å². The molecule has 3 aromatic rings. The van der Waals surface area contributed by atoms with Gasteiger partial charge in [-0.2, -0.15) is 5.10 Å². The van der Waals surface area contributed by atoms with Crippen molar-refractivity contribution < 1.29 is 23.9 Å². The first-order valence-corrected chi connectivity index (χ1v) is 10.9. The van der Waals surface area contributed by atoms with Crippen molar-refractivity contribution in [2.24, 2.45) is 5.10 Å². The molecule has 0 aliphatic carbocycles. The molecule has 34 heavy (non-hydrogen) atoms. The van der Waals surface area contributed by atoms with E-state index in [9.17, 15) is 14.4 Å². The molecule has 174 valence electrons. The van der Waals surface area contributed by atoms with Crippen LogP contribution in [0.25, 0.3) is 0 Å². The summed E-state index contributed by atoms with van der Waals surface area (Å²) in [6.07, 6.45) is 0. The van der Waals surface area contributed by atoms with Crippen LogP contribution in [-0.2, 0) is 9.59 Å². The van der Waals surface area contributed by atoms with Gasteiger partial charge in [-0.15, -0.1) is 0 Å². The maximum atomic E-state index is 12.5. The molecule has 0 heterocycles. The minimum atomic E-state index is -0.919. The molecule has 0 atom stereocenters. The number of anilines is 1. The van der Waals surface area contributed by atoms with E-state index in [1.54, 1.807) is 61.5 Å². The molecule has 0 saturated carbocycles. The highest BCUT2D eigenvalue weighted by molar-refractivity contribution is 9.10. The van der Waals surface area contributed by atoms with Crippen LogP contribution in [0.5, 0.6) is 11.5 Å². The molecule has 0 aliphatic heterocycles. The lowest BCUT2D eigenvalue weighted by Gasteiger charge is -2.12. The third-order valence-electron chi connectivity index (χ3n) is 4.78. The molecule has 0 aromatic heterocycles. The lowest BCUT2D eigenvalue weighted by molar-refractivity contribution is -0.136. The molecule has 0 bridgehead atoms. The number of methoxy groups -OCH3 is 1. The second kappa shape index (κ2) is 11.2. The van der Waals surface area contributed by atoms with Crippen LogP contribution in [-0.4, -0.2) is 30.6 Å². The Morgan fingerprint density at radius 3 is 2.29 bits per heavy atom. The van der Waals surface area contributed by atoms with Gasteiger partial charge in [0.2, 0.25) is 0 Å². The topological polar surface area (TPSA) is 106 Å². The predicted octanol–water partition coefficient (Wildman–Crippen LogP) is 4.46. The number of carbonyl (C=O) groups is 3. The van der Waals surface area contributed by atoms with Gasteiger partial charge in [0.25, 0.3) is 0 Å². The number of hydrazone groups is 1. The zero-order valence-corrected chi connectivity index (χ0v) is 20.3. The number of amides is 2. The van der Waals surface area contributed by atoms with E-state index < -0.39 is 17.8 Å². The fraction of sp³-hybridized carbons (Fsp3) is 0.120. The van der Waals surface area contributed by atoms with Crippen LogP contribution in [0, 0.1) is 6.92 Å². The Bertz CT molecular complexity index is 1260. The Morgan fingerprint density at radius 2 is 1.62 bits per heavy atom. The van der Waals surface area contributed by atoms with E-state index in [1.165, 1.54) is 7.11 Å². The number of halogens is 1. The van der Waals surface area contributed by atoms with Gasteiger partial charge in [-0.25, -0.2) is 10.2 Å². The lowest BCUT2D eigenvalue weighted by atomic mass is 10.1. The van der Waals surface area contributed by atoms with Gasteiger partial charge < -0.3 is 14.8 Å². The molecule has 3 aromatic carbocycles. The zero-order chi connectivity index (χ0) is 24.7. The van der Waals surface area contributed by atoms with Gasteiger partial charge in [-0.1, -0.05) is 34.1 Å². The molecule has 0 fully saturated rings. The van der Waals surface area contributed by atoms with Crippen LogP contribution in [0.2, 0.25) is 0 Å². The van der Waals surface area contributed by atoms with Crippen LogP contribution in [0.4, 0.5) is 5.69 Å². The van der Waals surface area contributed by atoms with Gasteiger partial charge in [0, 0.05) is 15.7 Å². The number of nitrogens with zero attached hydrogens (tertiary/aromatic N) is 1. The number of ether oxygens (including phenoxy) is 2. The average molecular weight is 524 g/mol. The first kappa shape index (κ1) is 24.7. The number of carbonyl (C=O) groups excluding carboxylic acids is 3. The Morgan fingerprint density at radius 1 is 0.912 bits per heavy atom. The van der Waals surface area contributed by atoms with Gasteiger partial charge >= 0.3 is 17.8 Å². The van der Waals surface area contributed by atoms with Crippen molar-refractivity contribution in [3.05, 3.63) is 87.9 Å². The SMILES string of the molecule is COc1cc(/C(C)=N/NC(=O)C(=O)Nc2ccc(Br)cc2)ccc1OC(=O)c1ccccc1C. The highest BCUT2D eigenvalue weighted by atomic mass is 79.9. The van der Waals surface area contributed by atoms with Crippen LogP contribution in [0.15, 0.2) is 76.3 Å². The molecule has 2 amide bonds. The van der Waals surface area contributed by atoms with Gasteiger partial charge in [0.15, 0.2) is 11.5 Å². The Kier molecular flexibility index (Phi) is 8.15. The van der Waals surface area contributed by atoms with Crippen LogP contribution in [0.1, 0.15) is 28.4 Å². The highest BCUT2D eigenvalue weighted by Crippen LogP contribution is 2.29. The number of aryl methyl sites for hydroxylation is 1. The summed E-state index contributed by atoms with van der Waals surface area (Å²) in [5, 5.41) is 6.47. The summed E-state index contributed by atoms with van der Waals surface area (Å²) >= 11 is 3.30. The molecule has 0 saturated heterocycles. The highest BCUT2D eigenvalue weighted by Gasteiger charge is 2.16. The first-order chi connectivity index (χ1) is 16.3. The van der Waals surface area contributed by atoms with E-state index >= 15 is 0 Å². The summed E-state index contributed by atoms with van der Waals surface area (Å²) in [5.41, 5.74) is 4.97. The maximum Gasteiger partial charge on any atom is 0.343 e. The van der Waals surface area contributed by atoms with Crippen molar-refractivity contribution in [2.75, 3.05) is 12.4 Å². The maximum absolute atomic E-state index is 12.5. The molecule has 0 spiro atoms. The second-order valence-corrected chi connectivity index (χ2v) is 8.08. The molecule has 0 aliphatic rings. The lowest BCUT2D eigenvalue weighted by Crippen LogP contribution is -2.32. The Labute approximate surface area is 205 Å². The van der Waals surface area contributed by atoms with E-state index in [0.717, 1.165) is 10.0 Å². The van der Waals surface area contributed by atoms with E-state index in [0.29, 0.717) is 28.3 Å². The van der Waals surface area contributed by atoms with E-state index in [2.05, 4.69) is 31.8 Å². The zero-order valence-electron chi connectivity index (χ0n) is 18.7. The molecule has 0 radical (unpaired) electrons. The Hall–Kier alpha value is -3.98. The number of hydrogen-bond acceptors (Lipinski definition) is 6. The van der Waals surface area contributed by atoms with Crippen molar-refractivity contribution in [3.8, 4) is 11.5 Å². The number of benzene rings is 3. The summed E-state index contributed by atoms with van der Waals surface area (Å²) in [7, 11) is 1.45. The quantitative estimate of drug-likeness (QED) is 0.163. The molecule has 8 nitrogen and oxygen atoms in total. The summed E-state index contributed by atoms with van der Waals surface area (Å²) in [6, 6.07) is 18.8. The molecular weight excluding hydrogens is 502 g/mol. The second-order valence-electron chi connectivity index (χ2n) is 7.17. The summed E-state index contributed by atoms with van der Waals surface area (Å²) in [4.78, 5) is 36.7. The summed E-state index contributed by atoms with van der Waals surface area (Å²) in [5.74, 6) is -1.72. The fourth-order valence-electron chi connectivity index (χ4n) is 2.90. The number of nitrogens with one attached hydrogen (secondary N) is 2. The molecule has 2 N–H and O–H groups in total.